The second-order valence-corrected chi connectivity index (χ2v) is 5.86. The first-order valence-corrected chi connectivity index (χ1v) is 8.25. The molecule has 0 saturated heterocycles. The number of amides is 2. The number of thiocarbonyl (C=S) groups is 1. The number of benzene rings is 2. The molecule has 0 aromatic heterocycles. The highest BCUT2D eigenvalue weighted by Crippen LogP contribution is 2.12. The van der Waals surface area contributed by atoms with Crippen LogP contribution in [0.2, 0.25) is 5.02 Å². The number of hydrazine groups is 1. The predicted octanol–water partition coefficient (Wildman–Crippen LogP) is 2.70. The number of ether oxygens (including phenoxy) is 1. The van der Waals surface area contributed by atoms with Crippen molar-refractivity contribution in [2.45, 2.75) is 0 Å². The van der Waals surface area contributed by atoms with E-state index in [1.54, 1.807) is 49.6 Å². The van der Waals surface area contributed by atoms with E-state index in [0.29, 0.717) is 10.6 Å². The molecule has 0 radical (unpaired) electrons. The molecular weight excluding hydrogens is 374 g/mol. The Labute approximate surface area is 161 Å². The smallest absolute Gasteiger partial charge is 0.269 e. The SMILES string of the molecule is COc1ccc(/C=C/C(=O)NC(=S)NNC(=O)c2ccc(Cl)cc2)cc1. The van der Waals surface area contributed by atoms with Crippen LogP contribution in [0.5, 0.6) is 5.75 Å². The van der Waals surface area contributed by atoms with E-state index in [2.05, 4.69) is 16.2 Å². The van der Waals surface area contributed by atoms with Crippen LogP contribution in [-0.4, -0.2) is 24.0 Å². The summed E-state index contributed by atoms with van der Waals surface area (Å²) in [6.45, 7) is 0. The molecule has 0 spiro atoms. The molecule has 0 fully saturated rings. The Morgan fingerprint density at radius 1 is 1.04 bits per heavy atom. The summed E-state index contributed by atoms with van der Waals surface area (Å²) in [6, 6.07) is 13.5. The van der Waals surface area contributed by atoms with Gasteiger partial charge >= 0.3 is 0 Å². The van der Waals surface area contributed by atoms with Crippen molar-refractivity contribution in [3.8, 4) is 5.75 Å². The average Bonchev–Trinajstić information content (AvgIpc) is 2.65. The molecule has 0 aliphatic rings. The molecule has 0 heterocycles. The van der Waals surface area contributed by atoms with E-state index in [9.17, 15) is 9.59 Å². The van der Waals surface area contributed by atoms with Crippen molar-refractivity contribution in [1.82, 2.24) is 16.2 Å². The van der Waals surface area contributed by atoms with Crippen LogP contribution >= 0.6 is 23.8 Å². The van der Waals surface area contributed by atoms with Crippen LogP contribution in [-0.2, 0) is 4.79 Å². The van der Waals surface area contributed by atoms with Crippen LogP contribution in [0.15, 0.2) is 54.6 Å². The molecule has 134 valence electrons. The van der Waals surface area contributed by atoms with E-state index in [-0.39, 0.29) is 5.11 Å². The Hall–Kier alpha value is -2.90. The van der Waals surface area contributed by atoms with Crippen molar-refractivity contribution < 1.29 is 14.3 Å². The molecule has 0 unspecified atom stereocenters. The number of rotatable bonds is 4. The number of carbonyl (C=O) groups excluding carboxylic acids is 2. The molecule has 2 aromatic carbocycles. The fourth-order valence-corrected chi connectivity index (χ4v) is 2.14. The number of hydrogen-bond donors (Lipinski definition) is 3. The molecule has 2 amide bonds. The van der Waals surface area contributed by atoms with Crippen molar-refractivity contribution in [2.24, 2.45) is 0 Å². The molecule has 0 saturated carbocycles. The fourth-order valence-electron chi connectivity index (χ4n) is 1.86. The third-order valence-electron chi connectivity index (χ3n) is 3.18. The van der Waals surface area contributed by atoms with Gasteiger partial charge < -0.3 is 4.74 Å². The molecule has 0 bridgehead atoms. The van der Waals surface area contributed by atoms with Gasteiger partial charge in [-0.3, -0.25) is 25.8 Å². The van der Waals surface area contributed by atoms with Crippen molar-refractivity contribution in [1.29, 1.82) is 0 Å². The van der Waals surface area contributed by atoms with Gasteiger partial charge in [0.25, 0.3) is 5.91 Å². The minimum atomic E-state index is -0.431. The third kappa shape index (κ3) is 6.19. The molecule has 0 aliphatic heterocycles. The van der Waals surface area contributed by atoms with Gasteiger partial charge in [-0.25, -0.2) is 0 Å². The quantitative estimate of drug-likeness (QED) is 0.425. The van der Waals surface area contributed by atoms with Crippen LogP contribution in [0.1, 0.15) is 15.9 Å². The fraction of sp³-hybridized carbons (Fsp3) is 0.0556. The maximum absolute atomic E-state index is 11.9. The predicted molar refractivity (Wildman–Crippen MR) is 105 cm³/mol. The summed E-state index contributed by atoms with van der Waals surface area (Å²) in [4.78, 5) is 23.7. The molecular formula is C18H16ClN3O3S. The molecule has 8 heteroatoms. The third-order valence-corrected chi connectivity index (χ3v) is 3.63. The lowest BCUT2D eigenvalue weighted by molar-refractivity contribution is -0.115. The van der Waals surface area contributed by atoms with Crippen molar-refractivity contribution in [3.05, 3.63) is 70.8 Å². The van der Waals surface area contributed by atoms with Crippen LogP contribution < -0.4 is 20.9 Å². The largest absolute Gasteiger partial charge is 0.497 e. The summed E-state index contributed by atoms with van der Waals surface area (Å²) in [6.07, 6.45) is 2.96. The number of carbonyl (C=O) groups is 2. The summed E-state index contributed by atoms with van der Waals surface area (Å²) in [5.41, 5.74) is 6.07. The first-order valence-electron chi connectivity index (χ1n) is 7.47. The first kappa shape index (κ1) is 19.4. The molecule has 2 aromatic rings. The van der Waals surface area contributed by atoms with Gasteiger partial charge in [0.15, 0.2) is 5.11 Å². The van der Waals surface area contributed by atoms with Gasteiger partial charge in [-0.2, -0.15) is 0 Å². The van der Waals surface area contributed by atoms with Gasteiger partial charge in [-0.05, 0) is 60.3 Å². The van der Waals surface area contributed by atoms with Gasteiger partial charge in [0.2, 0.25) is 5.91 Å². The Kier molecular flexibility index (Phi) is 7.13. The summed E-state index contributed by atoms with van der Waals surface area (Å²) < 4.78 is 5.06. The van der Waals surface area contributed by atoms with Crippen LogP contribution in [0.25, 0.3) is 6.08 Å². The zero-order chi connectivity index (χ0) is 18.9. The van der Waals surface area contributed by atoms with Crippen LogP contribution in [0.4, 0.5) is 0 Å². The lowest BCUT2D eigenvalue weighted by Crippen LogP contribution is -2.48. The van der Waals surface area contributed by atoms with Crippen molar-refractivity contribution >= 4 is 46.8 Å². The highest BCUT2D eigenvalue weighted by Gasteiger charge is 2.06. The monoisotopic (exact) mass is 389 g/mol. The van der Waals surface area contributed by atoms with Gasteiger partial charge in [0, 0.05) is 16.7 Å². The van der Waals surface area contributed by atoms with Crippen molar-refractivity contribution in [2.75, 3.05) is 7.11 Å². The Morgan fingerprint density at radius 3 is 2.31 bits per heavy atom. The van der Waals surface area contributed by atoms with Crippen molar-refractivity contribution in [3.63, 3.8) is 0 Å². The summed E-state index contributed by atoms with van der Waals surface area (Å²) >= 11 is 10.7. The minimum Gasteiger partial charge on any atom is -0.497 e. The van der Waals surface area contributed by atoms with E-state index in [4.69, 9.17) is 28.6 Å². The standard InChI is InChI=1S/C18H16ClN3O3S/c1-25-15-9-2-12(3-10-15)4-11-16(23)20-18(26)22-21-17(24)13-5-7-14(19)8-6-13/h2-11H,1H3,(H,21,24)(H2,20,22,23,26)/b11-4+. The number of nitrogens with one attached hydrogen (secondary N) is 3. The van der Waals surface area contributed by atoms with E-state index < -0.39 is 11.8 Å². The average molecular weight is 390 g/mol. The lowest BCUT2D eigenvalue weighted by atomic mass is 10.2. The second kappa shape index (κ2) is 9.55. The number of hydrogen-bond acceptors (Lipinski definition) is 4. The number of methoxy groups -OCH3 is 1. The highest BCUT2D eigenvalue weighted by molar-refractivity contribution is 7.80. The number of halogens is 1. The van der Waals surface area contributed by atoms with E-state index in [1.165, 1.54) is 6.08 Å². The molecule has 6 nitrogen and oxygen atoms in total. The molecule has 26 heavy (non-hydrogen) atoms. The molecule has 3 N–H and O–H groups in total. The van der Waals surface area contributed by atoms with Gasteiger partial charge in [-0.1, -0.05) is 23.7 Å². The van der Waals surface area contributed by atoms with E-state index in [0.717, 1.165) is 11.3 Å². The molecule has 0 aliphatic carbocycles. The topological polar surface area (TPSA) is 79.5 Å². The van der Waals surface area contributed by atoms with Gasteiger partial charge in [-0.15, -0.1) is 0 Å². The zero-order valence-corrected chi connectivity index (χ0v) is 15.4. The maximum atomic E-state index is 11.9. The minimum absolute atomic E-state index is 0.0308. The Morgan fingerprint density at radius 2 is 1.69 bits per heavy atom. The lowest BCUT2D eigenvalue weighted by Gasteiger charge is -2.09. The summed E-state index contributed by atoms with van der Waals surface area (Å²) in [5.74, 6) is -0.112. The normalized spacial score (nSPS) is 10.2. The Balaban J connectivity index is 1.79. The van der Waals surface area contributed by atoms with Crippen LogP contribution in [0.3, 0.4) is 0 Å². The summed E-state index contributed by atoms with van der Waals surface area (Å²) in [7, 11) is 1.58. The molecule has 2 rings (SSSR count). The molecule has 0 atom stereocenters. The van der Waals surface area contributed by atoms with E-state index >= 15 is 0 Å². The van der Waals surface area contributed by atoms with Gasteiger partial charge in [0.05, 0.1) is 7.11 Å². The zero-order valence-electron chi connectivity index (χ0n) is 13.8. The Bertz CT molecular complexity index is 821. The second-order valence-electron chi connectivity index (χ2n) is 5.01. The maximum Gasteiger partial charge on any atom is 0.269 e. The van der Waals surface area contributed by atoms with Gasteiger partial charge in [0.1, 0.15) is 5.75 Å². The summed E-state index contributed by atoms with van der Waals surface area (Å²) in [5, 5.41) is 2.92. The first-order chi connectivity index (χ1) is 12.5. The van der Waals surface area contributed by atoms with E-state index in [1.807, 2.05) is 12.1 Å². The van der Waals surface area contributed by atoms with Crippen LogP contribution in [0, 0.1) is 0 Å². The highest BCUT2D eigenvalue weighted by atomic mass is 35.5.